The van der Waals surface area contributed by atoms with Gasteiger partial charge in [0, 0.05) is 63.4 Å². The number of carbonyl (C=O) groups excluding carboxylic acids is 2. The molecular formula is C23H24N6O3. The molecule has 0 spiro atoms. The molecule has 2 aliphatic heterocycles. The highest BCUT2D eigenvalue weighted by Crippen LogP contribution is 2.26. The van der Waals surface area contributed by atoms with Crippen LogP contribution >= 0.6 is 0 Å². The van der Waals surface area contributed by atoms with Gasteiger partial charge in [-0.2, -0.15) is 0 Å². The lowest BCUT2D eigenvalue weighted by molar-refractivity contribution is 0.0518. The van der Waals surface area contributed by atoms with Gasteiger partial charge in [-0.3, -0.25) is 14.6 Å². The maximum atomic E-state index is 13.4. The number of furan rings is 1. The molecule has 9 nitrogen and oxygen atoms in total. The van der Waals surface area contributed by atoms with Gasteiger partial charge in [-0.05, 0) is 37.1 Å². The first-order valence-electron chi connectivity index (χ1n) is 10.8. The minimum atomic E-state index is -0.155. The molecule has 2 amide bonds. The first-order valence-corrected chi connectivity index (χ1v) is 10.8. The molecule has 3 aromatic rings. The molecular weight excluding hydrogens is 408 g/mol. The predicted octanol–water partition coefficient (Wildman–Crippen LogP) is 2.33. The summed E-state index contributed by atoms with van der Waals surface area (Å²) in [4.78, 5) is 44.9. The molecule has 0 aliphatic carbocycles. The van der Waals surface area contributed by atoms with Crippen LogP contribution in [0, 0.1) is 0 Å². The summed E-state index contributed by atoms with van der Waals surface area (Å²) in [5.41, 5.74) is 1.91. The van der Waals surface area contributed by atoms with Gasteiger partial charge >= 0.3 is 0 Å². The summed E-state index contributed by atoms with van der Waals surface area (Å²) < 4.78 is 5.21. The summed E-state index contributed by atoms with van der Waals surface area (Å²) in [7, 11) is 0. The number of hydrogen-bond acceptors (Lipinski definition) is 7. The summed E-state index contributed by atoms with van der Waals surface area (Å²) in [6, 6.07) is 7.05. The van der Waals surface area contributed by atoms with Crippen molar-refractivity contribution >= 4 is 17.8 Å². The molecule has 5 rings (SSSR count). The van der Waals surface area contributed by atoms with Gasteiger partial charge in [-0.25, -0.2) is 9.97 Å². The van der Waals surface area contributed by atoms with Crippen LogP contribution < -0.4 is 4.90 Å². The average molecular weight is 432 g/mol. The number of anilines is 1. The van der Waals surface area contributed by atoms with Crippen molar-refractivity contribution in [1.29, 1.82) is 0 Å². The summed E-state index contributed by atoms with van der Waals surface area (Å²) in [5.74, 6) is 0.683. The number of piperazine rings is 1. The van der Waals surface area contributed by atoms with Crippen molar-refractivity contribution < 1.29 is 14.0 Å². The van der Waals surface area contributed by atoms with E-state index >= 15 is 0 Å². The van der Waals surface area contributed by atoms with Crippen LogP contribution in [0.4, 0.5) is 5.95 Å². The Morgan fingerprint density at radius 2 is 1.56 bits per heavy atom. The zero-order valence-electron chi connectivity index (χ0n) is 17.7. The maximum absolute atomic E-state index is 13.4. The Balaban J connectivity index is 1.37. The molecule has 32 heavy (non-hydrogen) atoms. The first-order chi connectivity index (χ1) is 15.7. The van der Waals surface area contributed by atoms with Gasteiger partial charge in [0.2, 0.25) is 5.95 Å². The molecule has 0 atom stereocenters. The highest BCUT2D eigenvalue weighted by Gasteiger charge is 2.29. The third kappa shape index (κ3) is 3.93. The maximum Gasteiger partial charge on any atom is 0.289 e. The Morgan fingerprint density at radius 1 is 0.875 bits per heavy atom. The van der Waals surface area contributed by atoms with Crippen molar-refractivity contribution in [2.24, 2.45) is 0 Å². The Hall–Kier alpha value is -3.75. The quantitative estimate of drug-likeness (QED) is 0.624. The van der Waals surface area contributed by atoms with Gasteiger partial charge in [0.15, 0.2) is 5.76 Å². The Kier molecular flexibility index (Phi) is 5.53. The van der Waals surface area contributed by atoms with E-state index in [-0.39, 0.29) is 11.8 Å². The van der Waals surface area contributed by atoms with Crippen LogP contribution in [0.15, 0.2) is 53.5 Å². The minimum absolute atomic E-state index is 0.130. The van der Waals surface area contributed by atoms with Gasteiger partial charge in [0.25, 0.3) is 11.8 Å². The molecule has 0 unspecified atom stereocenters. The molecule has 0 aromatic carbocycles. The first kappa shape index (κ1) is 20.2. The van der Waals surface area contributed by atoms with Crippen molar-refractivity contribution in [3.63, 3.8) is 0 Å². The van der Waals surface area contributed by atoms with Gasteiger partial charge in [0.1, 0.15) is 0 Å². The van der Waals surface area contributed by atoms with Crippen molar-refractivity contribution in [3.8, 4) is 11.3 Å². The van der Waals surface area contributed by atoms with Crippen LogP contribution in [0.1, 0.15) is 33.8 Å². The summed E-state index contributed by atoms with van der Waals surface area (Å²) in [6.07, 6.45) is 8.75. The fourth-order valence-corrected chi connectivity index (χ4v) is 4.17. The number of amides is 2. The van der Waals surface area contributed by atoms with Crippen molar-refractivity contribution in [3.05, 3.63) is 60.4 Å². The molecule has 2 fully saturated rings. The van der Waals surface area contributed by atoms with Crippen LogP contribution in [-0.2, 0) is 0 Å². The lowest BCUT2D eigenvalue weighted by Crippen LogP contribution is -2.50. The van der Waals surface area contributed by atoms with Crippen molar-refractivity contribution in [1.82, 2.24) is 24.8 Å². The predicted molar refractivity (Wildman–Crippen MR) is 117 cm³/mol. The molecule has 0 saturated carbocycles. The zero-order chi connectivity index (χ0) is 21.9. The lowest BCUT2D eigenvalue weighted by atomic mass is 10.1. The third-order valence-corrected chi connectivity index (χ3v) is 5.94. The van der Waals surface area contributed by atoms with Gasteiger partial charge in [-0.1, -0.05) is 0 Å². The molecule has 0 N–H and O–H groups in total. The summed E-state index contributed by atoms with van der Waals surface area (Å²) in [5, 5.41) is 0. The molecule has 3 aromatic heterocycles. The van der Waals surface area contributed by atoms with Crippen LogP contribution in [0.25, 0.3) is 11.3 Å². The number of pyridine rings is 1. The Labute approximate surface area is 185 Å². The van der Waals surface area contributed by atoms with E-state index < -0.39 is 0 Å². The van der Waals surface area contributed by atoms with E-state index in [2.05, 4.69) is 14.9 Å². The van der Waals surface area contributed by atoms with E-state index in [9.17, 15) is 9.59 Å². The average Bonchev–Trinajstić information content (AvgIpc) is 3.58. The molecule has 0 radical (unpaired) electrons. The third-order valence-electron chi connectivity index (χ3n) is 5.94. The largest absolute Gasteiger partial charge is 0.459 e. The monoisotopic (exact) mass is 432 g/mol. The molecule has 9 heteroatoms. The zero-order valence-corrected chi connectivity index (χ0v) is 17.7. The Morgan fingerprint density at radius 3 is 2.22 bits per heavy atom. The normalized spacial score (nSPS) is 16.4. The van der Waals surface area contributed by atoms with Gasteiger partial charge in [0.05, 0.1) is 17.5 Å². The van der Waals surface area contributed by atoms with E-state index in [0.717, 1.165) is 31.5 Å². The SMILES string of the molecule is O=C(c1ccco1)N1CCN(C(=O)c2cnc(N3CCCC3)nc2-c2ccncc2)CC1. The Bertz CT molecular complexity index is 1090. The topological polar surface area (TPSA) is 95.7 Å². The van der Waals surface area contributed by atoms with E-state index in [1.165, 1.54) is 6.26 Å². The fourth-order valence-electron chi connectivity index (χ4n) is 4.17. The molecule has 164 valence electrons. The van der Waals surface area contributed by atoms with E-state index in [1.807, 2.05) is 12.1 Å². The van der Waals surface area contributed by atoms with Crippen molar-refractivity contribution in [2.75, 3.05) is 44.2 Å². The highest BCUT2D eigenvalue weighted by atomic mass is 16.3. The van der Waals surface area contributed by atoms with Gasteiger partial charge < -0.3 is 19.1 Å². The minimum Gasteiger partial charge on any atom is -0.459 e. The van der Waals surface area contributed by atoms with E-state index in [4.69, 9.17) is 9.40 Å². The van der Waals surface area contributed by atoms with E-state index in [0.29, 0.717) is 49.1 Å². The standard InChI is InChI=1S/C23H24N6O3/c30-21(27-11-13-28(14-12-27)22(31)19-4-3-15-32-19)18-16-25-23(29-9-1-2-10-29)26-20(18)17-5-7-24-8-6-17/h3-8,15-16H,1-2,9-14H2. The summed E-state index contributed by atoms with van der Waals surface area (Å²) in [6.45, 7) is 3.62. The highest BCUT2D eigenvalue weighted by molar-refractivity contribution is 6.00. The number of hydrogen-bond donors (Lipinski definition) is 0. The van der Waals surface area contributed by atoms with Crippen LogP contribution in [0.3, 0.4) is 0 Å². The molecule has 0 bridgehead atoms. The number of nitrogens with zero attached hydrogens (tertiary/aromatic N) is 6. The van der Waals surface area contributed by atoms with E-state index in [1.54, 1.807) is 40.5 Å². The van der Waals surface area contributed by atoms with Crippen LogP contribution in [0.2, 0.25) is 0 Å². The van der Waals surface area contributed by atoms with Crippen molar-refractivity contribution in [2.45, 2.75) is 12.8 Å². The smallest absolute Gasteiger partial charge is 0.289 e. The second-order valence-electron chi connectivity index (χ2n) is 7.92. The molecule has 2 aliphatic rings. The number of rotatable bonds is 4. The lowest BCUT2D eigenvalue weighted by Gasteiger charge is -2.34. The molecule has 2 saturated heterocycles. The van der Waals surface area contributed by atoms with Crippen LogP contribution in [0.5, 0.6) is 0 Å². The number of carbonyl (C=O) groups is 2. The number of aromatic nitrogens is 3. The van der Waals surface area contributed by atoms with Gasteiger partial charge in [-0.15, -0.1) is 0 Å². The fraction of sp³-hybridized carbons (Fsp3) is 0.348. The summed E-state index contributed by atoms with van der Waals surface area (Å²) >= 11 is 0. The second-order valence-corrected chi connectivity index (χ2v) is 7.92. The van der Waals surface area contributed by atoms with Crippen LogP contribution in [-0.4, -0.2) is 75.8 Å². The molecule has 5 heterocycles. The second kappa shape index (κ2) is 8.78.